The Morgan fingerprint density at radius 2 is 1.76 bits per heavy atom. The van der Waals surface area contributed by atoms with E-state index in [0.717, 1.165) is 49.9 Å². The van der Waals surface area contributed by atoms with Crippen LogP contribution in [0.1, 0.15) is 23.9 Å². The molecule has 2 aromatic rings. The van der Waals surface area contributed by atoms with Gasteiger partial charge in [-0.1, -0.05) is 24.3 Å². The number of aromatic nitrogens is 2. The molecule has 3 rings (SSSR count). The molecule has 0 bridgehead atoms. The number of benzene rings is 1. The first-order valence-electron chi connectivity index (χ1n) is 7.67. The van der Waals surface area contributed by atoms with Gasteiger partial charge in [0.25, 0.3) is 0 Å². The Morgan fingerprint density at radius 3 is 2.38 bits per heavy atom. The third kappa shape index (κ3) is 3.15. The van der Waals surface area contributed by atoms with Crippen LogP contribution < -0.4 is 10.2 Å². The quantitative estimate of drug-likeness (QED) is 0.940. The fourth-order valence-corrected chi connectivity index (χ4v) is 2.88. The van der Waals surface area contributed by atoms with Crippen LogP contribution in [0.3, 0.4) is 0 Å². The largest absolute Gasteiger partial charge is 0.370 e. The Kier molecular flexibility index (Phi) is 4.04. The molecule has 1 aliphatic heterocycles. The first kappa shape index (κ1) is 13.9. The van der Waals surface area contributed by atoms with Crippen LogP contribution in [0.25, 0.3) is 0 Å². The Labute approximate surface area is 126 Å². The lowest BCUT2D eigenvalue weighted by Crippen LogP contribution is -2.27. The van der Waals surface area contributed by atoms with E-state index < -0.39 is 0 Å². The summed E-state index contributed by atoms with van der Waals surface area (Å²) in [6.07, 6.45) is 2.16. The second-order valence-electron chi connectivity index (χ2n) is 5.44. The first-order valence-corrected chi connectivity index (χ1v) is 7.67. The molecule has 0 fully saturated rings. The van der Waals surface area contributed by atoms with Gasteiger partial charge in [-0.25, -0.2) is 9.97 Å². The van der Waals surface area contributed by atoms with Crippen LogP contribution in [-0.2, 0) is 12.8 Å². The van der Waals surface area contributed by atoms with E-state index in [-0.39, 0.29) is 0 Å². The minimum absolute atomic E-state index is 0.824. The summed E-state index contributed by atoms with van der Waals surface area (Å²) < 4.78 is 0. The molecule has 0 radical (unpaired) electrons. The average Bonchev–Trinajstić information content (AvgIpc) is 2.69. The highest BCUT2D eigenvalue weighted by Gasteiger charge is 2.15. The van der Waals surface area contributed by atoms with Gasteiger partial charge in [0.15, 0.2) is 0 Å². The maximum absolute atomic E-state index is 4.62. The molecule has 4 heteroatoms. The summed E-state index contributed by atoms with van der Waals surface area (Å²) in [5, 5.41) is 3.28. The van der Waals surface area contributed by atoms with Crippen molar-refractivity contribution >= 4 is 11.6 Å². The summed E-state index contributed by atoms with van der Waals surface area (Å²) in [4.78, 5) is 11.4. The fourth-order valence-electron chi connectivity index (χ4n) is 2.88. The van der Waals surface area contributed by atoms with Gasteiger partial charge in [-0.3, -0.25) is 0 Å². The highest BCUT2D eigenvalue weighted by molar-refractivity contribution is 5.50. The zero-order valence-corrected chi connectivity index (χ0v) is 12.8. The lowest BCUT2D eigenvalue weighted by Gasteiger charge is -2.22. The van der Waals surface area contributed by atoms with Crippen molar-refractivity contribution in [3.05, 3.63) is 47.3 Å². The summed E-state index contributed by atoms with van der Waals surface area (Å²) in [5.74, 6) is 2.78. The van der Waals surface area contributed by atoms with Gasteiger partial charge >= 0.3 is 0 Å². The predicted octanol–water partition coefficient (Wildman–Crippen LogP) is 2.82. The number of nitrogens with one attached hydrogen (secondary N) is 1. The van der Waals surface area contributed by atoms with Crippen LogP contribution in [0.5, 0.6) is 0 Å². The Morgan fingerprint density at radius 1 is 1.10 bits per heavy atom. The molecule has 1 aromatic heterocycles. The van der Waals surface area contributed by atoms with Crippen molar-refractivity contribution in [1.29, 1.82) is 0 Å². The van der Waals surface area contributed by atoms with Crippen LogP contribution in [0.4, 0.5) is 11.6 Å². The summed E-state index contributed by atoms with van der Waals surface area (Å²) in [7, 11) is 0. The molecule has 1 N–H and O–H groups in total. The standard InChI is InChI=1S/C17H22N4/c1-3-18-16-12-17(20-13(2)19-16)21-10-8-14-6-4-5-7-15(14)9-11-21/h4-7,12H,3,8-11H2,1-2H3,(H,18,19,20). The number of hydrogen-bond donors (Lipinski definition) is 1. The van der Waals surface area contributed by atoms with Gasteiger partial charge in [-0.05, 0) is 37.8 Å². The molecule has 4 nitrogen and oxygen atoms in total. The summed E-state index contributed by atoms with van der Waals surface area (Å²) in [6.45, 7) is 6.94. The van der Waals surface area contributed by atoms with Gasteiger partial charge in [-0.15, -0.1) is 0 Å². The van der Waals surface area contributed by atoms with E-state index in [1.165, 1.54) is 11.1 Å². The van der Waals surface area contributed by atoms with E-state index in [2.05, 4.69) is 57.4 Å². The molecule has 110 valence electrons. The number of fused-ring (bicyclic) bond motifs is 1. The molecule has 0 amide bonds. The number of anilines is 2. The third-order valence-corrected chi connectivity index (χ3v) is 3.93. The van der Waals surface area contributed by atoms with Gasteiger partial charge < -0.3 is 10.2 Å². The molecule has 0 unspecified atom stereocenters. The minimum atomic E-state index is 0.824. The van der Waals surface area contributed by atoms with Crippen LogP contribution in [0.2, 0.25) is 0 Å². The topological polar surface area (TPSA) is 41.0 Å². The summed E-state index contributed by atoms with van der Waals surface area (Å²) in [5.41, 5.74) is 2.94. The molecule has 1 aliphatic rings. The maximum atomic E-state index is 4.62. The first-order chi connectivity index (χ1) is 10.3. The average molecular weight is 282 g/mol. The van der Waals surface area contributed by atoms with Crippen LogP contribution in [-0.4, -0.2) is 29.6 Å². The van der Waals surface area contributed by atoms with Crippen LogP contribution >= 0.6 is 0 Å². The number of nitrogens with zero attached hydrogens (tertiary/aromatic N) is 3. The Balaban J connectivity index is 1.82. The van der Waals surface area contributed by atoms with E-state index in [1.54, 1.807) is 0 Å². The van der Waals surface area contributed by atoms with Gasteiger partial charge in [0, 0.05) is 25.7 Å². The highest BCUT2D eigenvalue weighted by Crippen LogP contribution is 2.21. The zero-order valence-electron chi connectivity index (χ0n) is 12.8. The van der Waals surface area contributed by atoms with Crippen molar-refractivity contribution in [1.82, 2.24) is 9.97 Å². The maximum Gasteiger partial charge on any atom is 0.134 e. The molecular weight excluding hydrogens is 260 g/mol. The number of aryl methyl sites for hydroxylation is 1. The third-order valence-electron chi connectivity index (χ3n) is 3.93. The van der Waals surface area contributed by atoms with E-state index in [9.17, 15) is 0 Å². The summed E-state index contributed by atoms with van der Waals surface area (Å²) in [6, 6.07) is 10.8. The lowest BCUT2D eigenvalue weighted by atomic mass is 10.0. The lowest BCUT2D eigenvalue weighted by molar-refractivity contribution is 0.784. The van der Waals surface area contributed by atoms with Crippen molar-refractivity contribution < 1.29 is 0 Å². The van der Waals surface area contributed by atoms with Gasteiger partial charge in [0.2, 0.25) is 0 Å². The fraction of sp³-hybridized carbons (Fsp3) is 0.412. The van der Waals surface area contributed by atoms with E-state index in [4.69, 9.17) is 0 Å². The van der Waals surface area contributed by atoms with Crippen molar-refractivity contribution in [3.8, 4) is 0 Å². The van der Waals surface area contributed by atoms with Crippen LogP contribution in [0, 0.1) is 6.92 Å². The van der Waals surface area contributed by atoms with Crippen molar-refractivity contribution in [2.45, 2.75) is 26.7 Å². The van der Waals surface area contributed by atoms with Gasteiger partial charge in [0.05, 0.1) is 0 Å². The van der Waals surface area contributed by atoms with Gasteiger partial charge in [0.1, 0.15) is 17.5 Å². The smallest absolute Gasteiger partial charge is 0.134 e. The predicted molar refractivity (Wildman–Crippen MR) is 87.0 cm³/mol. The molecule has 2 heterocycles. The molecule has 0 saturated carbocycles. The molecule has 0 spiro atoms. The Bertz CT molecular complexity index is 597. The van der Waals surface area contributed by atoms with E-state index >= 15 is 0 Å². The van der Waals surface area contributed by atoms with Crippen LogP contribution in [0.15, 0.2) is 30.3 Å². The highest BCUT2D eigenvalue weighted by atomic mass is 15.2. The second kappa shape index (κ2) is 6.12. The van der Waals surface area contributed by atoms with Crippen molar-refractivity contribution in [2.24, 2.45) is 0 Å². The molecule has 1 aromatic carbocycles. The molecule has 0 atom stereocenters. The zero-order chi connectivity index (χ0) is 14.7. The second-order valence-corrected chi connectivity index (χ2v) is 5.44. The number of hydrogen-bond acceptors (Lipinski definition) is 4. The number of rotatable bonds is 3. The monoisotopic (exact) mass is 282 g/mol. The molecule has 0 saturated heterocycles. The van der Waals surface area contributed by atoms with Gasteiger partial charge in [-0.2, -0.15) is 0 Å². The Hall–Kier alpha value is -2.10. The SMILES string of the molecule is CCNc1cc(N2CCc3ccccc3CC2)nc(C)n1. The minimum Gasteiger partial charge on any atom is -0.370 e. The van der Waals surface area contributed by atoms with E-state index in [0.29, 0.717) is 0 Å². The molecular formula is C17H22N4. The normalized spacial score (nSPS) is 14.5. The summed E-state index contributed by atoms with van der Waals surface area (Å²) >= 11 is 0. The molecule has 0 aliphatic carbocycles. The van der Waals surface area contributed by atoms with E-state index in [1.807, 2.05) is 6.92 Å². The van der Waals surface area contributed by atoms with Crippen molar-refractivity contribution in [2.75, 3.05) is 29.9 Å². The van der Waals surface area contributed by atoms with Crippen molar-refractivity contribution in [3.63, 3.8) is 0 Å². The molecule has 21 heavy (non-hydrogen) atoms.